The van der Waals surface area contributed by atoms with Crippen LogP contribution in [0.1, 0.15) is 43.5 Å². The van der Waals surface area contributed by atoms with Crippen molar-refractivity contribution in [2.75, 3.05) is 12.8 Å². The third-order valence-corrected chi connectivity index (χ3v) is 2.79. The molecular formula is C14H21NO3. The molecule has 0 heterocycles. The van der Waals surface area contributed by atoms with Crippen molar-refractivity contribution in [2.45, 2.75) is 39.2 Å². The van der Waals surface area contributed by atoms with E-state index < -0.39 is 5.97 Å². The molecule has 2 N–H and O–H groups in total. The van der Waals surface area contributed by atoms with Crippen molar-refractivity contribution in [3.63, 3.8) is 0 Å². The summed E-state index contributed by atoms with van der Waals surface area (Å²) in [7, 11) is 1.34. The maximum Gasteiger partial charge on any atom is 0.337 e. The van der Waals surface area contributed by atoms with Gasteiger partial charge in [0, 0.05) is 0 Å². The number of hydrogen-bond acceptors (Lipinski definition) is 4. The van der Waals surface area contributed by atoms with Gasteiger partial charge in [-0.25, -0.2) is 4.79 Å². The minimum Gasteiger partial charge on any atom is -0.488 e. The Balaban J connectivity index is 2.82. The number of esters is 1. The lowest BCUT2D eigenvalue weighted by Crippen LogP contribution is -2.16. The van der Waals surface area contributed by atoms with Gasteiger partial charge in [-0.2, -0.15) is 0 Å². The number of nitrogen functional groups attached to an aromatic ring is 1. The molecule has 0 fully saturated rings. The smallest absolute Gasteiger partial charge is 0.337 e. The van der Waals surface area contributed by atoms with Crippen LogP contribution in [0.2, 0.25) is 0 Å². The molecule has 1 aromatic rings. The molecule has 0 amide bonds. The van der Waals surface area contributed by atoms with Crippen LogP contribution in [0.15, 0.2) is 18.2 Å². The number of rotatable bonds is 6. The Bertz CT molecular complexity index is 404. The van der Waals surface area contributed by atoms with Gasteiger partial charge in [0.05, 0.1) is 24.5 Å². The van der Waals surface area contributed by atoms with E-state index in [-0.39, 0.29) is 6.10 Å². The largest absolute Gasteiger partial charge is 0.488 e. The molecule has 0 unspecified atom stereocenters. The van der Waals surface area contributed by atoms with Gasteiger partial charge in [0.15, 0.2) is 0 Å². The molecule has 0 aliphatic rings. The van der Waals surface area contributed by atoms with Crippen molar-refractivity contribution < 1.29 is 14.3 Å². The van der Waals surface area contributed by atoms with Gasteiger partial charge in [-0.05, 0) is 31.0 Å². The second-order valence-corrected chi connectivity index (χ2v) is 4.18. The maximum absolute atomic E-state index is 11.3. The van der Waals surface area contributed by atoms with Gasteiger partial charge < -0.3 is 15.2 Å². The molecule has 1 aromatic carbocycles. The Kier molecular flexibility index (Phi) is 5.49. The molecule has 100 valence electrons. The lowest BCUT2D eigenvalue weighted by molar-refractivity contribution is 0.0600. The molecule has 0 spiro atoms. The normalized spacial score (nSPS) is 11.9. The zero-order chi connectivity index (χ0) is 13.5. The number of methoxy groups -OCH3 is 1. The molecule has 18 heavy (non-hydrogen) atoms. The Morgan fingerprint density at radius 2 is 2.11 bits per heavy atom. The highest BCUT2D eigenvalue weighted by atomic mass is 16.5. The van der Waals surface area contributed by atoms with Crippen molar-refractivity contribution in [1.82, 2.24) is 0 Å². The fraction of sp³-hybridized carbons (Fsp3) is 0.500. The van der Waals surface area contributed by atoms with Crippen molar-refractivity contribution in [2.24, 2.45) is 0 Å². The number of carbonyl (C=O) groups is 1. The van der Waals surface area contributed by atoms with E-state index in [2.05, 4.69) is 18.6 Å². The standard InChI is InChI=1S/C14H21NO3/c1-4-6-11(5-2)18-13-8-7-10(9-12(13)15)14(16)17-3/h7-9,11H,4-6,15H2,1-3H3/t11-/m0/s1. The van der Waals surface area contributed by atoms with Crippen LogP contribution in [0.25, 0.3) is 0 Å². The van der Waals surface area contributed by atoms with Crippen molar-refractivity contribution in [3.8, 4) is 5.75 Å². The van der Waals surface area contributed by atoms with Gasteiger partial charge in [0.2, 0.25) is 0 Å². The number of ether oxygens (including phenoxy) is 2. The highest BCUT2D eigenvalue weighted by Gasteiger charge is 2.12. The predicted molar refractivity (Wildman–Crippen MR) is 71.8 cm³/mol. The Labute approximate surface area is 108 Å². The SMILES string of the molecule is CCC[C@H](CC)Oc1ccc(C(=O)OC)cc1N. The summed E-state index contributed by atoms with van der Waals surface area (Å²) in [5, 5.41) is 0. The lowest BCUT2D eigenvalue weighted by atomic mass is 10.1. The number of hydrogen-bond donors (Lipinski definition) is 1. The fourth-order valence-corrected chi connectivity index (χ4v) is 1.75. The summed E-state index contributed by atoms with van der Waals surface area (Å²) in [5.74, 6) is 0.233. The van der Waals surface area contributed by atoms with E-state index in [9.17, 15) is 4.79 Å². The van der Waals surface area contributed by atoms with Crippen LogP contribution in [0.3, 0.4) is 0 Å². The summed E-state index contributed by atoms with van der Waals surface area (Å²) in [6.07, 6.45) is 3.17. The van der Waals surface area contributed by atoms with Crippen LogP contribution in [0.4, 0.5) is 5.69 Å². The fourth-order valence-electron chi connectivity index (χ4n) is 1.75. The van der Waals surface area contributed by atoms with Gasteiger partial charge in [-0.3, -0.25) is 0 Å². The van der Waals surface area contributed by atoms with Gasteiger partial charge in [-0.1, -0.05) is 20.3 Å². The first-order chi connectivity index (χ1) is 8.62. The molecule has 1 rings (SSSR count). The van der Waals surface area contributed by atoms with E-state index in [0.717, 1.165) is 19.3 Å². The van der Waals surface area contributed by atoms with Crippen molar-refractivity contribution in [3.05, 3.63) is 23.8 Å². The van der Waals surface area contributed by atoms with Crippen LogP contribution in [0, 0.1) is 0 Å². The number of anilines is 1. The topological polar surface area (TPSA) is 61.5 Å². The molecule has 0 radical (unpaired) electrons. The monoisotopic (exact) mass is 251 g/mol. The molecule has 0 saturated carbocycles. The van der Waals surface area contributed by atoms with E-state index in [1.54, 1.807) is 18.2 Å². The number of carbonyl (C=O) groups excluding carboxylic acids is 1. The molecule has 0 aromatic heterocycles. The first-order valence-electron chi connectivity index (χ1n) is 6.26. The second kappa shape index (κ2) is 6.89. The summed E-state index contributed by atoms with van der Waals surface area (Å²) >= 11 is 0. The maximum atomic E-state index is 11.3. The van der Waals surface area contributed by atoms with Crippen LogP contribution >= 0.6 is 0 Å². The summed E-state index contributed by atoms with van der Waals surface area (Å²) in [6, 6.07) is 4.97. The van der Waals surface area contributed by atoms with E-state index in [1.807, 2.05) is 0 Å². The summed E-state index contributed by atoms with van der Waals surface area (Å²) in [4.78, 5) is 11.3. The Morgan fingerprint density at radius 1 is 1.39 bits per heavy atom. The third-order valence-electron chi connectivity index (χ3n) is 2.79. The molecule has 4 nitrogen and oxygen atoms in total. The van der Waals surface area contributed by atoms with E-state index in [0.29, 0.717) is 17.0 Å². The van der Waals surface area contributed by atoms with E-state index in [4.69, 9.17) is 10.5 Å². The molecular weight excluding hydrogens is 230 g/mol. The molecule has 0 aliphatic heterocycles. The zero-order valence-corrected chi connectivity index (χ0v) is 11.2. The van der Waals surface area contributed by atoms with Crippen LogP contribution in [-0.4, -0.2) is 19.2 Å². The highest BCUT2D eigenvalue weighted by molar-refractivity contribution is 5.90. The molecule has 1 atom stereocenters. The van der Waals surface area contributed by atoms with Gasteiger partial charge in [0.25, 0.3) is 0 Å². The Morgan fingerprint density at radius 3 is 2.61 bits per heavy atom. The van der Waals surface area contributed by atoms with E-state index in [1.165, 1.54) is 7.11 Å². The number of nitrogens with two attached hydrogens (primary N) is 1. The Hall–Kier alpha value is -1.71. The first-order valence-corrected chi connectivity index (χ1v) is 6.26. The van der Waals surface area contributed by atoms with Gasteiger partial charge >= 0.3 is 5.97 Å². The quantitative estimate of drug-likeness (QED) is 0.623. The van der Waals surface area contributed by atoms with Crippen LogP contribution in [0.5, 0.6) is 5.75 Å². The second-order valence-electron chi connectivity index (χ2n) is 4.18. The molecule has 0 saturated heterocycles. The minimum absolute atomic E-state index is 0.168. The molecule has 0 bridgehead atoms. The minimum atomic E-state index is -0.395. The predicted octanol–water partition coefficient (Wildman–Crippen LogP) is 3.01. The van der Waals surface area contributed by atoms with Gasteiger partial charge in [0.1, 0.15) is 5.75 Å². The average molecular weight is 251 g/mol. The van der Waals surface area contributed by atoms with Crippen LogP contribution in [-0.2, 0) is 4.74 Å². The molecule has 4 heteroatoms. The third kappa shape index (κ3) is 3.65. The average Bonchev–Trinajstić information content (AvgIpc) is 2.39. The zero-order valence-electron chi connectivity index (χ0n) is 11.2. The summed E-state index contributed by atoms with van der Waals surface area (Å²) in [6.45, 7) is 4.20. The van der Waals surface area contributed by atoms with Crippen LogP contribution < -0.4 is 10.5 Å². The highest BCUT2D eigenvalue weighted by Crippen LogP contribution is 2.25. The lowest BCUT2D eigenvalue weighted by Gasteiger charge is -2.18. The van der Waals surface area contributed by atoms with E-state index >= 15 is 0 Å². The first kappa shape index (κ1) is 14.4. The van der Waals surface area contributed by atoms with Gasteiger partial charge in [-0.15, -0.1) is 0 Å². The van der Waals surface area contributed by atoms with Crippen molar-refractivity contribution >= 4 is 11.7 Å². The number of benzene rings is 1. The molecule has 0 aliphatic carbocycles. The van der Waals surface area contributed by atoms with Crippen molar-refractivity contribution in [1.29, 1.82) is 0 Å². The summed E-state index contributed by atoms with van der Waals surface area (Å²) < 4.78 is 10.5. The summed E-state index contributed by atoms with van der Waals surface area (Å²) in [5.41, 5.74) is 6.78.